The second-order valence-corrected chi connectivity index (χ2v) is 8.27. The topological polar surface area (TPSA) is 72.5 Å². The smallest absolute Gasteiger partial charge is 0.388 e. The molecule has 7 nitrogen and oxygen atoms in total. The van der Waals surface area contributed by atoms with Crippen LogP contribution in [-0.4, -0.2) is 59.8 Å². The molecule has 0 atom stereocenters. The summed E-state index contributed by atoms with van der Waals surface area (Å²) in [6, 6.07) is 8.91. The van der Waals surface area contributed by atoms with Gasteiger partial charge in [-0.15, -0.1) is 0 Å². The number of methoxy groups -OCH3 is 1. The van der Waals surface area contributed by atoms with Crippen molar-refractivity contribution >= 4 is 21.8 Å². The monoisotopic (exact) mass is 468 g/mol. The Bertz CT molecular complexity index is 1290. The normalized spacial score (nSPS) is 14.4. The number of alkyl halides is 2. The lowest BCUT2D eigenvalue weighted by Gasteiger charge is -2.15. The van der Waals surface area contributed by atoms with Crippen LogP contribution in [0, 0.1) is 0 Å². The van der Waals surface area contributed by atoms with Gasteiger partial charge in [0.1, 0.15) is 0 Å². The van der Waals surface area contributed by atoms with Gasteiger partial charge in [0.05, 0.1) is 30.4 Å². The van der Waals surface area contributed by atoms with Gasteiger partial charge in [0, 0.05) is 47.4 Å². The van der Waals surface area contributed by atoms with Crippen molar-refractivity contribution in [3.63, 3.8) is 0 Å². The molecule has 0 amide bonds. The fourth-order valence-corrected chi connectivity index (χ4v) is 4.53. The van der Waals surface area contributed by atoms with Crippen LogP contribution in [0.3, 0.4) is 0 Å². The predicted octanol–water partition coefficient (Wildman–Crippen LogP) is 5.25. The number of aromatic nitrogens is 3. The summed E-state index contributed by atoms with van der Waals surface area (Å²) < 4.78 is 41.5. The molecule has 1 aliphatic rings. The molecule has 9 heteroatoms. The van der Waals surface area contributed by atoms with Crippen LogP contribution in [0.1, 0.15) is 19.3 Å². The zero-order chi connectivity index (χ0) is 23.5. The minimum Gasteiger partial charge on any atom is -0.493 e. The first kappa shape index (κ1) is 22.3. The molecule has 0 radical (unpaired) electrons. The van der Waals surface area contributed by atoms with E-state index in [9.17, 15) is 8.78 Å². The standard InChI is InChI=1S/C25H26F2N4O3/c1-32-20-14-17-19(15-21(20)33-12-4-11-31-9-2-3-10-31)30-18-6-8-29-24(23(17)18)16-5-7-28-22(13-16)34-25(26)27/h5-8,13-15,25,30H,2-4,9-12H2,1H3. The van der Waals surface area contributed by atoms with Gasteiger partial charge in [-0.05, 0) is 50.6 Å². The average molecular weight is 469 g/mol. The highest BCUT2D eigenvalue weighted by Gasteiger charge is 2.17. The first-order valence-corrected chi connectivity index (χ1v) is 11.4. The van der Waals surface area contributed by atoms with Gasteiger partial charge >= 0.3 is 6.61 Å². The fourth-order valence-electron chi connectivity index (χ4n) is 4.53. The highest BCUT2D eigenvalue weighted by Crippen LogP contribution is 2.39. The third-order valence-corrected chi connectivity index (χ3v) is 6.09. The maximum atomic E-state index is 12.7. The van der Waals surface area contributed by atoms with Gasteiger partial charge < -0.3 is 24.1 Å². The van der Waals surface area contributed by atoms with Crippen molar-refractivity contribution in [1.29, 1.82) is 0 Å². The fraction of sp³-hybridized carbons (Fsp3) is 0.360. The van der Waals surface area contributed by atoms with Gasteiger partial charge in [0.15, 0.2) is 11.5 Å². The molecule has 1 aromatic carbocycles. The number of hydrogen-bond donors (Lipinski definition) is 1. The quantitative estimate of drug-likeness (QED) is 0.338. The first-order valence-electron chi connectivity index (χ1n) is 11.4. The Balaban J connectivity index is 1.46. The summed E-state index contributed by atoms with van der Waals surface area (Å²) in [4.78, 5) is 14.3. The number of pyridine rings is 2. The van der Waals surface area contributed by atoms with Crippen molar-refractivity contribution in [2.24, 2.45) is 0 Å². The molecule has 4 heterocycles. The highest BCUT2D eigenvalue weighted by molar-refractivity contribution is 6.13. The molecule has 1 aliphatic heterocycles. The number of hydrogen-bond acceptors (Lipinski definition) is 6. The second-order valence-electron chi connectivity index (χ2n) is 8.27. The number of H-pyrrole nitrogens is 1. The lowest BCUT2D eigenvalue weighted by molar-refractivity contribution is -0.0528. The maximum Gasteiger partial charge on any atom is 0.388 e. The minimum atomic E-state index is -2.95. The number of nitrogens with one attached hydrogen (secondary N) is 1. The van der Waals surface area contributed by atoms with Crippen molar-refractivity contribution < 1.29 is 23.0 Å². The second kappa shape index (κ2) is 9.80. The van der Waals surface area contributed by atoms with Crippen molar-refractivity contribution in [3.05, 3.63) is 42.7 Å². The zero-order valence-corrected chi connectivity index (χ0v) is 18.9. The number of aromatic amines is 1. The largest absolute Gasteiger partial charge is 0.493 e. The number of rotatable bonds is 9. The van der Waals surface area contributed by atoms with E-state index >= 15 is 0 Å². The number of halogens is 2. The number of nitrogens with zero attached hydrogens (tertiary/aromatic N) is 3. The summed E-state index contributed by atoms with van der Waals surface area (Å²) in [5.74, 6) is 1.14. The molecule has 0 aliphatic carbocycles. The molecule has 0 unspecified atom stereocenters. The number of ether oxygens (including phenoxy) is 3. The van der Waals surface area contributed by atoms with Gasteiger partial charge in [-0.25, -0.2) is 4.98 Å². The summed E-state index contributed by atoms with van der Waals surface area (Å²) in [6.07, 6.45) is 6.61. The molecule has 1 N–H and O–H groups in total. The average Bonchev–Trinajstić information content (AvgIpc) is 3.48. The molecular weight excluding hydrogens is 442 g/mol. The molecule has 0 saturated carbocycles. The van der Waals surface area contributed by atoms with Crippen molar-refractivity contribution in [2.75, 3.05) is 33.4 Å². The van der Waals surface area contributed by atoms with E-state index in [0.717, 1.165) is 34.8 Å². The van der Waals surface area contributed by atoms with Gasteiger partial charge in [0.2, 0.25) is 5.88 Å². The lowest BCUT2D eigenvalue weighted by Crippen LogP contribution is -2.21. The van der Waals surface area contributed by atoms with Crippen molar-refractivity contribution in [1.82, 2.24) is 19.9 Å². The summed E-state index contributed by atoms with van der Waals surface area (Å²) >= 11 is 0. The Kier molecular flexibility index (Phi) is 6.44. The van der Waals surface area contributed by atoms with E-state index in [1.165, 1.54) is 38.2 Å². The third kappa shape index (κ3) is 4.61. The van der Waals surface area contributed by atoms with Crippen LogP contribution in [0.4, 0.5) is 8.78 Å². The zero-order valence-electron chi connectivity index (χ0n) is 18.9. The van der Waals surface area contributed by atoms with E-state index in [4.69, 9.17) is 9.47 Å². The Morgan fingerprint density at radius 1 is 1.03 bits per heavy atom. The van der Waals surface area contributed by atoms with E-state index in [2.05, 4.69) is 24.6 Å². The molecule has 34 heavy (non-hydrogen) atoms. The van der Waals surface area contributed by atoms with Crippen LogP contribution in [0.2, 0.25) is 0 Å². The molecule has 178 valence electrons. The summed E-state index contributed by atoms with van der Waals surface area (Å²) in [5.41, 5.74) is 2.99. The van der Waals surface area contributed by atoms with Gasteiger partial charge in [-0.2, -0.15) is 8.78 Å². The molecule has 4 aromatic rings. The van der Waals surface area contributed by atoms with Crippen LogP contribution in [0.5, 0.6) is 17.4 Å². The van der Waals surface area contributed by atoms with Crippen LogP contribution < -0.4 is 14.2 Å². The first-order chi connectivity index (χ1) is 16.6. The molecular formula is C25H26F2N4O3. The third-order valence-electron chi connectivity index (χ3n) is 6.09. The number of likely N-dealkylation sites (tertiary alicyclic amines) is 1. The summed E-state index contributed by atoms with van der Waals surface area (Å²) in [7, 11) is 1.61. The van der Waals surface area contributed by atoms with Crippen molar-refractivity contribution in [2.45, 2.75) is 25.9 Å². The number of benzene rings is 1. The Morgan fingerprint density at radius 3 is 2.65 bits per heavy atom. The lowest BCUT2D eigenvalue weighted by atomic mass is 10.1. The van der Waals surface area contributed by atoms with Gasteiger partial charge in [-0.3, -0.25) is 4.98 Å². The minimum absolute atomic E-state index is 0.159. The Morgan fingerprint density at radius 2 is 1.85 bits per heavy atom. The molecule has 1 saturated heterocycles. The molecule has 3 aromatic heterocycles. The summed E-state index contributed by atoms with van der Waals surface area (Å²) in [6.45, 7) is 1.05. The van der Waals surface area contributed by atoms with Crippen LogP contribution in [-0.2, 0) is 0 Å². The predicted molar refractivity (Wildman–Crippen MR) is 126 cm³/mol. The van der Waals surface area contributed by atoms with Crippen LogP contribution >= 0.6 is 0 Å². The Labute approximate surface area is 195 Å². The van der Waals surface area contributed by atoms with Crippen LogP contribution in [0.25, 0.3) is 33.1 Å². The maximum absolute atomic E-state index is 12.7. The van der Waals surface area contributed by atoms with E-state index < -0.39 is 6.61 Å². The van der Waals surface area contributed by atoms with Crippen molar-refractivity contribution in [3.8, 4) is 28.6 Å². The highest BCUT2D eigenvalue weighted by atomic mass is 19.3. The van der Waals surface area contributed by atoms with Gasteiger partial charge in [0.25, 0.3) is 0 Å². The molecule has 0 spiro atoms. The molecule has 1 fully saturated rings. The van der Waals surface area contributed by atoms with E-state index in [-0.39, 0.29) is 5.88 Å². The van der Waals surface area contributed by atoms with Crippen LogP contribution in [0.15, 0.2) is 42.7 Å². The van der Waals surface area contributed by atoms with Gasteiger partial charge in [-0.1, -0.05) is 0 Å². The van der Waals surface area contributed by atoms with E-state index in [1.54, 1.807) is 19.4 Å². The van der Waals surface area contributed by atoms with E-state index in [1.807, 2.05) is 18.2 Å². The van der Waals surface area contributed by atoms with E-state index in [0.29, 0.717) is 29.4 Å². The SMILES string of the molecule is COc1cc2c(cc1OCCCN1CCCC1)[nH]c1ccnc(-c3ccnc(OC(F)F)c3)c12. The summed E-state index contributed by atoms with van der Waals surface area (Å²) in [5, 5.41) is 1.75. The molecule has 5 rings (SSSR count). The molecule has 0 bridgehead atoms. The number of fused-ring (bicyclic) bond motifs is 3. The Hall–Kier alpha value is -3.46.